The highest BCUT2D eigenvalue weighted by atomic mass is 79.9. The molecule has 3 nitrogen and oxygen atoms in total. The number of halogens is 1. The predicted octanol–water partition coefficient (Wildman–Crippen LogP) is 2.91. The minimum absolute atomic E-state index is 0.630. The first kappa shape index (κ1) is 9.94. The van der Waals surface area contributed by atoms with Gasteiger partial charge in [-0.25, -0.2) is 4.98 Å². The number of benzene rings is 1. The molecule has 0 aliphatic heterocycles. The maximum atomic E-state index is 9.03. The molecule has 0 saturated carbocycles. The van der Waals surface area contributed by atoms with Crippen molar-refractivity contribution in [1.82, 2.24) is 4.98 Å². The van der Waals surface area contributed by atoms with E-state index in [1.165, 1.54) is 0 Å². The number of nitrogens with one attached hydrogen (secondary N) is 1. The summed E-state index contributed by atoms with van der Waals surface area (Å²) in [6.07, 6.45) is 0. The number of hydrogen-bond acceptors (Lipinski definition) is 3. The summed E-state index contributed by atoms with van der Waals surface area (Å²) in [4.78, 5) is 4.36. The van der Waals surface area contributed by atoms with Crippen LogP contribution in [0, 0.1) is 11.3 Å². The zero-order valence-corrected chi connectivity index (χ0v) is 9.67. The highest BCUT2D eigenvalue weighted by molar-refractivity contribution is 9.10. The van der Waals surface area contributed by atoms with E-state index in [9.17, 15) is 0 Å². The van der Waals surface area contributed by atoms with Crippen LogP contribution in [0.1, 0.15) is 5.56 Å². The van der Waals surface area contributed by atoms with Crippen molar-refractivity contribution in [3.05, 3.63) is 34.3 Å². The SMILES string of the molecule is CNc1cc(C#N)c2cc(Br)ccc2n1. The van der Waals surface area contributed by atoms with Crippen LogP contribution in [0.15, 0.2) is 28.7 Å². The number of fused-ring (bicyclic) bond motifs is 1. The average Bonchev–Trinajstić information content (AvgIpc) is 2.27. The second-order valence-corrected chi connectivity index (χ2v) is 3.99. The number of rotatable bonds is 1. The molecule has 0 amide bonds. The largest absolute Gasteiger partial charge is 0.373 e. The van der Waals surface area contributed by atoms with Crippen LogP contribution in [0.3, 0.4) is 0 Å². The number of anilines is 1. The third-order valence-corrected chi connectivity index (χ3v) is 2.64. The summed E-state index contributed by atoms with van der Waals surface area (Å²) in [6, 6.07) is 9.62. The zero-order valence-electron chi connectivity index (χ0n) is 8.08. The van der Waals surface area contributed by atoms with E-state index in [0.29, 0.717) is 11.4 Å². The van der Waals surface area contributed by atoms with Gasteiger partial charge in [-0.2, -0.15) is 5.26 Å². The Morgan fingerprint density at radius 3 is 2.87 bits per heavy atom. The minimum atomic E-state index is 0.630. The highest BCUT2D eigenvalue weighted by Crippen LogP contribution is 2.23. The van der Waals surface area contributed by atoms with Gasteiger partial charge in [0.1, 0.15) is 5.82 Å². The smallest absolute Gasteiger partial charge is 0.127 e. The first-order valence-corrected chi connectivity index (χ1v) is 5.22. The summed E-state index contributed by atoms with van der Waals surface area (Å²) in [5.41, 5.74) is 1.45. The molecule has 0 aliphatic carbocycles. The average molecular weight is 262 g/mol. The molecule has 0 radical (unpaired) electrons. The Bertz CT molecular complexity index is 557. The Hall–Kier alpha value is -1.60. The van der Waals surface area contributed by atoms with Crippen molar-refractivity contribution in [1.29, 1.82) is 5.26 Å². The van der Waals surface area contributed by atoms with Crippen molar-refractivity contribution in [2.24, 2.45) is 0 Å². The summed E-state index contributed by atoms with van der Waals surface area (Å²) < 4.78 is 0.950. The molecule has 0 bridgehead atoms. The Balaban J connectivity index is 2.82. The Labute approximate surface area is 95.9 Å². The fourth-order valence-electron chi connectivity index (χ4n) is 1.42. The fraction of sp³-hybridized carbons (Fsp3) is 0.0909. The van der Waals surface area contributed by atoms with Crippen LogP contribution >= 0.6 is 15.9 Å². The lowest BCUT2D eigenvalue weighted by Crippen LogP contribution is -1.94. The van der Waals surface area contributed by atoms with E-state index in [1.54, 1.807) is 13.1 Å². The Morgan fingerprint density at radius 2 is 2.20 bits per heavy atom. The third-order valence-electron chi connectivity index (χ3n) is 2.15. The second-order valence-electron chi connectivity index (χ2n) is 3.08. The van der Waals surface area contributed by atoms with Gasteiger partial charge in [0.15, 0.2) is 0 Å². The highest BCUT2D eigenvalue weighted by Gasteiger charge is 2.04. The van der Waals surface area contributed by atoms with Gasteiger partial charge in [-0.05, 0) is 24.3 Å². The first-order valence-electron chi connectivity index (χ1n) is 4.43. The fourth-order valence-corrected chi connectivity index (χ4v) is 1.78. The zero-order chi connectivity index (χ0) is 10.8. The van der Waals surface area contributed by atoms with Crippen molar-refractivity contribution in [3.63, 3.8) is 0 Å². The van der Waals surface area contributed by atoms with Crippen molar-refractivity contribution < 1.29 is 0 Å². The van der Waals surface area contributed by atoms with Gasteiger partial charge in [0, 0.05) is 16.9 Å². The van der Waals surface area contributed by atoms with E-state index >= 15 is 0 Å². The number of aromatic nitrogens is 1. The van der Waals surface area contributed by atoms with Crippen molar-refractivity contribution >= 4 is 32.7 Å². The van der Waals surface area contributed by atoms with E-state index < -0.39 is 0 Å². The molecular weight excluding hydrogens is 254 g/mol. The molecule has 0 atom stereocenters. The number of nitrogens with zero attached hydrogens (tertiary/aromatic N) is 2. The van der Waals surface area contributed by atoms with Crippen LogP contribution in [0.5, 0.6) is 0 Å². The van der Waals surface area contributed by atoms with Crippen molar-refractivity contribution in [2.75, 3.05) is 12.4 Å². The van der Waals surface area contributed by atoms with E-state index in [4.69, 9.17) is 5.26 Å². The molecule has 4 heteroatoms. The normalized spacial score (nSPS) is 9.93. The summed E-state index contributed by atoms with van der Waals surface area (Å²) >= 11 is 3.38. The van der Waals surface area contributed by atoms with E-state index in [2.05, 4.69) is 32.3 Å². The molecule has 2 rings (SSSR count). The number of pyridine rings is 1. The summed E-state index contributed by atoms with van der Waals surface area (Å²) in [7, 11) is 1.79. The van der Waals surface area contributed by atoms with Gasteiger partial charge in [0.25, 0.3) is 0 Å². The van der Waals surface area contributed by atoms with Gasteiger partial charge in [-0.3, -0.25) is 0 Å². The molecule has 1 aromatic heterocycles. The summed E-state index contributed by atoms with van der Waals surface area (Å²) in [5, 5.41) is 12.8. The summed E-state index contributed by atoms with van der Waals surface area (Å²) in [5.74, 6) is 0.710. The minimum Gasteiger partial charge on any atom is -0.373 e. The monoisotopic (exact) mass is 261 g/mol. The molecule has 0 saturated heterocycles. The van der Waals surface area contributed by atoms with E-state index in [1.807, 2.05) is 18.2 Å². The first-order chi connectivity index (χ1) is 7.24. The van der Waals surface area contributed by atoms with Crippen molar-refractivity contribution in [3.8, 4) is 6.07 Å². The number of hydrogen-bond donors (Lipinski definition) is 1. The van der Waals surface area contributed by atoms with Gasteiger partial charge in [-0.15, -0.1) is 0 Å². The maximum Gasteiger partial charge on any atom is 0.127 e. The quantitative estimate of drug-likeness (QED) is 0.859. The summed E-state index contributed by atoms with van der Waals surface area (Å²) in [6.45, 7) is 0. The van der Waals surface area contributed by atoms with E-state index in [-0.39, 0.29) is 0 Å². The number of nitriles is 1. The Kier molecular flexibility index (Phi) is 2.57. The van der Waals surface area contributed by atoms with Crippen LogP contribution in [0.2, 0.25) is 0 Å². The molecule has 1 N–H and O–H groups in total. The molecule has 74 valence electrons. The lowest BCUT2D eigenvalue weighted by molar-refractivity contribution is 1.33. The molecule has 0 spiro atoms. The van der Waals surface area contributed by atoms with Gasteiger partial charge in [-0.1, -0.05) is 15.9 Å². The van der Waals surface area contributed by atoms with Gasteiger partial charge < -0.3 is 5.32 Å². The molecule has 0 aliphatic rings. The lowest BCUT2D eigenvalue weighted by atomic mass is 10.1. The third kappa shape index (κ3) is 1.79. The molecule has 0 fully saturated rings. The van der Waals surface area contributed by atoms with Crippen LogP contribution in [-0.4, -0.2) is 12.0 Å². The van der Waals surface area contributed by atoms with Crippen LogP contribution in [0.4, 0.5) is 5.82 Å². The lowest BCUT2D eigenvalue weighted by Gasteiger charge is -2.04. The van der Waals surface area contributed by atoms with Gasteiger partial charge >= 0.3 is 0 Å². The van der Waals surface area contributed by atoms with Crippen molar-refractivity contribution in [2.45, 2.75) is 0 Å². The molecule has 0 unspecified atom stereocenters. The van der Waals surface area contributed by atoms with Gasteiger partial charge in [0.2, 0.25) is 0 Å². The topological polar surface area (TPSA) is 48.7 Å². The van der Waals surface area contributed by atoms with Crippen LogP contribution < -0.4 is 5.32 Å². The van der Waals surface area contributed by atoms with Gasteiger partial charge in [0.05, 0.1) is 17.1 Å². The maximum absolute atomic E-state index is 9.03. The molecule has 1 heterocycles. The standard InChI is InChI=1S/C11H8BrN3/c1-14-11-4-7(6-13)9-5-8(12)2-3-10(9)15-11/h2-5H,1H3,(H,14,15). The molecule has 2 aromatic rings. The molecule has 1 aromatic carbocycles. The van der Waals surface area contributed by atoms with Crippen LogP contribution in [-0.2, 0) is 0 Å². The van der Waals surface area contributed by atoms with E-state index in [0.717, 1.165) is 15.4 Å². The molecular formula is C11H8BrN3. The second kappa shape index (κ2) is 3.87. The molecule has 15 heavy (non-hydrogen) atoms. The Morgan fingerprint density at radius 1 is 1.40 bits per heavy atom. The predicted molar refractivity (Wildman–Crippen MR) is 63.7 cm³/mol. The van der Waals surface area contributed by atoms with Crippen LogP contribution in [0.25, 0.3) is 10.9 Å².